The fourth-order valence-corrected chi connectivity index (χ4v) is 1.12. The van der Waals surface area contributed by atoms with Crippen LogP contribution in [0.15, 0.2) is 11.0 Å². The van der Waals surface area contributed by atoms with Crippen LogP contribution in [-0.2, 0) is 0 Å². The van der Waals surface area contributed by atoms with Crippen LogP contribution < -0.4 is 11.4 Å². The van der Waals surface area contributed by atoms with Gasteiger partial charge in [0, 0.05) is 6.20 Å². The first kappa shape index (κ1) is 7.80. The highest BCUT2D eigenvalue weighted by molar-refractivity contribution is 14.1. The third-order valence-corrected chi connectivity index (χ3v) is 1.85. The van der Waals surface area contributed by atoms with E-state index in [1.54, 1.807) is 22.9 Å². The van der Waals surface area contributed by atoms with Crippen LogP contribution in [0.3, 0.4) is 0 Å². The minimum absolute atomic E-state index is 0.0691. The van der Waals surface area contributed by atoms with Gasteiger partial charge in [0.05, 0.1) is 22.9 Å². The summed E-state index contributed by atoms with van der Waals surface area (Å²) in [7, 11) is 0. The van der Waals surface area contributed by atoms with E-state index in [0.29, 0.717) is 0 Å². The van der Waals surface area contributed by atoms with Gasteiger partial charge < -0.3 is 5.73 Å². The lowest BCUT2D eigenvalue weighted by Crippen LogP contribution is -2.16. The first-order valence-corrected chi connectivity index (χ1v) is 3.66. The van der Waals surface area contributed by atoms with Crippen molar-refractivity contribution in [2.45, 2.75) is 0 Å². The quantitative estimate of drug-likeness (QED) is 0.706. The molecule has 0 unspecified atom stereocenters. The Hall–Kier alpha value is -0.300. The molecular weight excluding hydrogens is 268 g/mol. The maximum absolute atomic E-state index is 10.7. The van der Waals surface area contributed by atoms with Crippen molar-refractivity contribution in [1.29, 1.82) is 0 Å². The second-order valence-corrected chi connectivity index (χ2v) is 3.01. The number of rotatable bonds is 0. The predicted octanol–water partition coefficient (Wildman–Crippen LogP) is 0.677. The number of anilines is 1. The van der Waals surface area contributed by atoms with Crippen molar-refractivity contribution in [3.05, 3.63) is 21.7 Å². The van der Waals surface area contributed by atoms with Crippen molar-refractivity contribution in [1.82, 2.24) is 7.76 Å². The molecule has 1 aromatic rings. The first-order chi connectivity index (χ1) is 4.61. The zero-order valence-electron chi connectivity index (χ0n) is 4.71. The molecule has 10 heavy (non-hydrogen) atoms. The zero-order chi connectivity index (χ0) is 7.72. The second kappa shape index (κ2) is 2.75. The monoisotopic (exact) mass is 271 g/mol. The van der Waals surface area contributed by atoms with Crippen LogP contribution in [0.4, 0.5) is 5.82 Å². The molecule has 1 heterocycles. The smallest absolute Gasteiger partial charge is 0.358 e. The Kier molecular flexibility index (Phi) is 2.14. The molecule has 0 saturated carbocycles. The molecule has 0 aromatic carbocycles. The molecule has 0 radical (unpaired) electrons. The number of nitrogen functional groups attached to an aromatic ring is 1. The van der Waals surface area contributed by atoms with Crippen LogP contribution in [-0.4, -0.2) is 7.76 Å². The highest BCUT2D eigenvalue weighted by Crippen LogP contribution is 2.12. The number of aromatic nitrogens is 2. The molecule has 0 amide bonds. The number of hydrogen-bond donors (Lipinski definition) is 1. The third-order valence-electron chi connectivity index (χ3n) is 0.870. The van der Waals surface area contributed by atoms with E-state index in [1.807, 2.05) is 0 Å². The molecule has 0 aliphatic carbocycles. The Morgan fingerprint density at radius 1 is 1.80 bits per heavy atom. The van der Waals surface area contributed by atoms with E-state index in [9.17, 15) is 4.79 Å². The van der Waals surface area contributed by atoms with Crippen molar-refractivity contribution in [2.75, 3.05) is 5.73 Å². The summed E-state index contributed by atoms with van der Waals surface area (Å²) in [5, 5.41) is 0.286. The molecule has 1 rings (SSSR count). The average molecular weight is 271 g/mol. The summed E-state index contributed by atoms with van der Waals surface area (Å²) in [5.74, 6) is 0.0691. The molecule has 0 aliphatic rings. The van der Waals surface area contributed by atoms with Gasteiger partial charge in [0.2, 0.25) is 0 Å². The topological polar surface area (TPSA) is 60.9 Å². The van der Waals surface area contributed by atoms with Gasteiger partial charge in [-0.25, -0.2) is 7.58 Å². The minimum Gasteiger partial charge on any atom is -0.382 e. The maximum Gasteiger partial charge on any atom is 0.358 e. The molecule has 0 aliphatic heterocycles. The van der Waals surface area contributed by atoms with Gasteiger partial charge in [0.25, 0.3) is 0 Å². The van der Waals surface area contributed by atoms with Crippen LogP contribution in [0.5, 0.6) is 0 Å². The number of hydrogen-bond acceptors (Lipinski definition) is 3. The van der Waals surface area contributed by atoms with Gasteiger partial charge in [-0.2, -0.15) is 4.98 Å². The standard InChI is InChI=1S/C4H3ClIN3O/c5-2-1-9(6)4(10)8-3(2)7/h1H,(H2,7,8,10). The van der Waals surface area contributed by atoms with Gasteiger partial charge in [0.1, 0.15) is 10.8 Å². The van der Waals surface area contributed by atoms with Crippen LogP contribution in [0.25, 0.3) is 0 Å². The van der Waals surface area contributed by atoms with E-state index in [-0.39, 0.29) is 10.8 Å². The summed E-state index contributed by atoms with van der Waals surface area (Å²) in [6, 6.07) is 0. The largest absolute Gasteiger partial charge is 0.382 e. The van der Waals surface area contributed by atoms with Crippen LogP contribution >= 0.6 is 34.5 Å². The zero-order valence-corrected chi connectivity index (χ0v) is 7.63. The molecule has 0 atom stereocenters. The SMILES string of the molecule is Nc1nc(=O)n(I)cc1Cl. The van der Waals surface area contributed by atoms with Gasteiger partial charge >= 0.3 is 5.69 Å². The van der Waals surface area contributed by atoms with E-state index in [0.717, 1.165) is 0 Å². The molecule has 0 spiro atoms. The molecule has 6 heteroatoms. The van der Waals surface area contributed by atoms with E-state index >= 15 is 0 Å². The lowest BCUT2D eigenvalue weighted by Gasteiger charge is -1.95. The maximum atomic E-state index is 10.7. The highest BCUT2D eigenvalue weighted by Gasteiger charge is 1.99. The van der Waals surface area contributed by atoms with Crippen molar-refractivity contribution in [3.63, 3.8) is 0 Å². The van der Waals surface area contributed by atoms with Crippen LogP contribution in [0, 0.1) is 0 Å². The van der Waals surface area contributed by atoms with E-state index in [2.05, 4.69) is 4.98 Å². The lowest BCUT2D eigenvalue weighted by molar-refractivity contribution is 1.06. The third kappa shape index (κ3) is 1.40. The lowest BCUT2D eigenvalue weighted by atomic mass is 10.6. The summed E-state index contributed by atoms with van der Waals surface area (Å²) in [4.78, 5) is 14.1. The van der Waals surface area contributed by atoms with Gasteiger partial charge in [-0.15, -0.1) is 0 Å². The summed E-state index contributed by atoms with van der Waals surface area (Å²) >= 11 is 7.30. The Labute approximate surface area is 75.5 Å². The van der Waals surface area contributed by atoms with Crippen molar-refractivity contribution in [2.24, 2.45) is 0 Å². The second-order valence-electron chi connectivity index (χ2n) is 1.57. The average Bonchev–Trinajstić information content (AvgIpc) is 1.84. The van der Waals surface area contributed by atoms with Gasteiger partial charge in [0.15, 0.2) is 0 Å². The Balaban J connectivity index is 3.43. The molecule has 1 aromatic heterocycles. The number of nitrogens with zero attached hydrogens (tertiary/aromatic N) is 2. The molecule has 54 valence electrons. The number of nitrogens with two attached hydrogens (primary N) is 1. The summed E-state index contributed by atoms with van der Waals surface area (Å²) in [5.41, 5.74) is 4.82. The molecule has 0 bridgehead atoms. The predicted molar refractivity (Wildman–Crippen MR) is 47.3 cm³/mol. The van der Waals surface area contributed by atoms with Gasteiger partial charge in [-0.05, 0) is 0 Å². The highest BCUT2D eigenvalue weighted by atomic mass is 127. The normalized spacial score (nSPS) is 9.80. The van der Waals surface area contributed by atoms with Gasteiger partial charge in [-0.1, -0.05) is 11.6 Å². The fourth-order valence-electron chi connectivity index (χ4n) is 0.425. The first-order valence-electron chi connectivity index (χ1n) is 2.32. The Bertz CT molecular complexity index is 310. The van der Waals surface area contributed by atoms with Crippen molar-refractivity contribution in [3.8, 4) is 0 Å². The van der Waals surface area contributed by atoms with Crippen molar-refractivity contribution >= 4 is 40.3 Å². The van der Waals surface area contributed by atoms with E-state index in [1.165, 1.54) is 8.98 Å². The van der Waals surface area contributed by atoms with E-state index < -0.39 is 5.69 Å². The van der Waals surface area contributed by atoms with Crippen LogP contribution in [0.2, 0.25) is 5.02 Å². The fraction of sp³-hybridized carbons (Fsp3) is 0. The van der Waals surface area contributed by atoms with E-state index in [4.69, 9.17) is 17.3 Å². The number of halogens is 2. The Morgan fingerprint density at radius 3 is 2.90 bits per heavy atom. The van der Waals surface area contributed by atoms with Crippen LogP contribution in [0.1, 0.15) is 0 Å². The summed E-state index contributed by atoms with van der Waals surface area (Å²) < 4.78 is 1.23. The van der Waals surface area contributed by atoms with Crippen molar-refractivity contribution < 1.29 is 0 Å². The molecular formula is C4H3ClIN3O. The van der Waals surface area contributed by atoms with Gasteiger partial charge in [-0.3, -0.25) is 0 Å². The minimum atomic E-state index is -0.414. The molecule has 4 nitrogen and oxygen atoms in total. The molecule has 0 saturated heterocycles. The summed E-state index contributed by atoms with van der Waals surface area (Å²) in [6.07, 6.45) is 1.41. The molecule has 0 fully saturated rings. The molecule has 2 N–H and O–H groups in total. The Morgan fingerprint density at radius 2 is 2.40 bits per heavy atom. The summed E-state index contributed by atoms with van der Waals surface area (Å²) in [6.45, 7) is 0.